The smallest absolute Gasteiger partial charge is 0.136 e. The van der Waals surface area contributed by atoms with E-state index in [1.54, 1.807) is 0 Å². The highest BCUT2D eigenvalue weighted by molar-refractivity contribution is 7.99. The van der Waals surface area contributed by atoms with E-state index in [1.807, 2.05) is 6.92 Å². The molecule has 1 N–H and O–H groups in total. The van der Waals surface area contributed by atoms with Crippen LogP contribution in [0.5, 0.6) is 0 Å². The number of hydrogen-bond acceptors (Lipinski definition) is 3. The van der Waals surface area contributed by atoms with Crippen molar-refractivity contribution in [3.05, 3.63) is 29.8 Å². The summed E-state index contributed by atoms with van der Waals surface area (Å²) in [5.74, 6) is -0.295. The van der Waals surface area contributed by atoms with E-state index in [1.165, 1.54) is 17.8 Å². The number of rotatable bonds is 6. The molecule has 0 amide bonds. The Hall–Kier alpha value is -1.12. The van der Waals surface area contributed by atoms with Crippen LogP contribution in [0.4, 0.5) is 8.78 Å². The number of benzene rings is 1. The molecule has 5 heteroatoms. The lowest BCUT2D eigenvalue weighted by Crippen LogP contribution is -2.27. The molecular formula is C12H14F2N2S. The van der Waals surface area contributed by atoms with Crippen molar-refractivity contribution >= 4 is 11.8 Å². The molecule has 0 aliphatic rings. The second kappa shape index (κ2) is 7.25. The standard InChI is InChI=1S/C12H14F2N2S/c1-2-16-10(8-15)5-6-17-12-7-9(13)3-4-11(12)14/h3-4,7,10,16H,2,5-6H2,1H3. The predicted octanol–water partition coefficient (Wildman–Crippen LogP) is 2.95. The summed E-state index contributed by atoms with van der Waals surface area (Å²) >= 11 is 1.22. The summed E-state index contributed by atoms with van der Waals surface area (Å²) in [4.78, 5) is 0.290. The first-order valence-corrected chi connectivity index (χ1v) is 6.36. The fourth-order valence-corrected chi connectivity index (χ4v) is 2.31. The summed E-state index contributed by atoms with van der Waals surface area (Å²) in [6.07, 6.45) is 0.602. The zero-order chi connectivity index (χ0) is 12.7. The Labute approximate surface area is 104 Å². The molecule has 0 aromatic heterocycles. The zero-order valence-corrected chi connectivity index (χ0v) is 10.4. The van der Waals surface area contributed by atoms with Crippen molar-refractivity contribution in [3.63, 3.8) is 0 Å². The molecule has 1 aromatic carbocycles. The van der Waals surface area contributed by atoms with Gasteiger partial charge in [0.15, 0.2) is 0 Å². The molecule has 1 atom stereocenters. The van der Waals surface area contributed by atoms with Crippen LogP contribution in [-0.2, 0) is 0 Å². The summed E-state index contributed by atoms with van der Waals surface area (Å²) in [6, 6.07) is 5.27. The van der Waals surface area contributed by atoms with Crippen molar-refractivity contribution in [3.8, 4) is 6.07 Å². The van der Waals surface area contributed by atoms with Crippen LogP contribution in [0, 0.1) is 23.0 Å². The Morgan fingerprint density at radius 2 is 2.24 bits per heavy atom. The minimum atomic E-state index is -0.447. The topological polar surface area (TPSA) is 35.8 Å². The average molecular weight is 256 g/mol. The monoisotopic (exact) mass is 256 g/mol. The first kappa shape index (κ1) is 13.9. The predicted molar refractivity (Wildman–Crippen MR) is 64.8 cm³/mol. The molecule has 2 nitrogen and oxygen atoms in total. The second-order valence-electron chi connectivity index (χ2n) is 3.45. The molecule has 1 rings (SSSR count). The SMILES string of the molecule is CCNC(C#N)CCSc1cc(F)ccc1F. The minimum Gasteiger partial charge on any atom is -0.302 e. The molecule has 0 bridgehead atoms. The largest absolute Gasteiger partial charge is 0.302 e. The van der Waals surface area contributed by atoms with E-state index in [9.17, 15) is 8.78 Å². The van der Waals surface area contributed by atoms with Gasteiger partial charge in [-0.3, -0.25) is 0 Å². The first-order chi connectivity index (χ1) is 8.17. The summed E-state index contributed by atoms with van der Waals surface area (Å²) in [7, 11) is 0. The van der Waals surface area contributed by atoms with Gasteiger partial charge >= 0.3 is 0 Å². The van der Waals surface area contributed by atoms with Gasteiger partial charge in [-0.1, -0.05) is 6.92 Å². The van der Waals surface area contributed by atoms with E-state index in [4.69, 9.17) is 5.26 Å². The Morgan fingerprint density at radius 3 is 2.88 bits per heavy atom. The highest BCUT2D eigenvalue weighted by Crippen LogP contribution is 2.23. The van der Waals surface area contributed by atoms with Crippen LogP contribution in [0.15, 0.2) is 23.1 Å². The van der Waals surface area contributed by atoms with Gasteiger partial charge in [-0.05, 0) is 31.2 Å². The van der Waals surface area contributed by atoms with Gasteiger partial charge in [0.25, 0.3) is 0 Å². The van der Waals surface area contributed by atoms with Crippen molar-refractivity contribution in [1.82, 2.24) is 5.32 Å². The molecule has 0 radical (unpaired) electrons. The lowest BCUT2D eigenvalue weighted by molar-refractivity contribution is 0.576. The van der Waals surface area contributed by atoms with Crippen LogP contribution in [0.2, 0.25) is 0 Å². The quantitative estimate of drug-likeness (QED) is 0.795. The molecule has 17 heavy (non-hydrogen) atoms. The molecule has 0 saturated heterocycles. The molecular weight excluding hydrogens is 242 g/mol. The first-order valence-electron chi connectivity index (χ1n) is 5.38. The van der Waals surface area contributed by atoms with E-state index in [0.29, 0.717) is 12.2 Å². The van der Waals surface area contributed by atoms with Gasteiger partial charge in [0.1, 0.15) is 11.6 Å². The van der Waals surface area contributed by atoms with Crippen molar-refractivity contribution in [2.24, 2.45) is 0 Å². The Balaban J connectivity index is 2.45. The number of nitriles is 1. The van der Waals surface area contributed by atoms with Crippen LogP contribution in [0.3, 0.4) is 0 Å². The maximum Gasteiger partial charge on any atom is 0.136 e. The Morgan fingerprint density at radius 1 is 1.47 bits per heavy atom. The third-order valence-electron chi connectivity index (χ3n) is 2.16. The summed E-state index contributed by atoms with van der Waals surface area (Å²) in [5.41, 5.74) is 0. The highest BCUT2D eigenvalue weighted by Gasteiger charge is 2.08. The second-order valence-corrected chi connectivity index (χ2v) is 4.59. The van der Waals surface area contributed by atoms with Crippen molar-refractivity contribution in [2.45, 2.75) is 24.3 Å². The molecule has 92 valence electrons. The lowest BCUT2D eigenvalue weighted by atomic mass is 10.2. The number of halogens is 2. The average Bonchev–Trinajstić information content (AvgIpc) is 2.32. The summed E-state index contributed by atoms with van der Waals surface area (Å²) < 4.78 is 26.1. The fourth-order valence-electron chi connectivity index (χ4n) is 1.33. The molecule has 1 unspecified atom stereocenters. The molecule has 0 aliphatic heterocycles. The van der Waals surface area contributed by atoms with E-state index in [0.717, 1.165) is 18.7 Å². The highest BCUT2D eigenvalue weighted by atomic mass is 32.2. The van der Waals surface area contributed by atoms with Gasteiger partial charge in [0, 0.05) is 10.6 Å². The normalized spacial score (nSPS) is 12.1. The molecule has 0 heterocycles. The van der Waals surface area contributed by atoms with Gasteiger partial charge in [0.2, 0.25) is 0 Å². The number of nitrogens with zero attached hydrogens (tertiary/aromatic N) is 1. The third-order valence-corrected chi connectivity index (χ3v) is 3.23. The molecule has 0 saturated carbocycles. The van der Waals surface area contributed by atoms with Crippen LogP contribution < -0.4 is 5.32 Å². The van der Waals surface area contributed by atoms with Gasteiger partial charge in [-0.15, -0.1) is 11.8 Å². The Kier molecular flexibility index (Phi) is 5.95. The maximum absolute atomic E-state index is 13.3. The molecule has 1 aromatic rings. The van der Waals surface area contributed by atoms with Gasteiger partial charge in [-0.25, -0.2) is 8.78 Å². The molecule has 0 aliphatic carbocycles. The summed E-state index contributed by atoms with van der Waals surface area (Å²) in [5, 5.41) is 11.8. The maximum atomic E-state index is 13.3. The fraction of sp³-hybridized carbons (Fsp3) is 0.417. The van der Waals surface area contributed by atoms with Crippen molar-refractivity contribution in [2.75, 3.05) is 12.3 Å². The van der Waals surface area contributed by atoms with Crippen LogP contribution >= 0.6 is 11.8 Å². The van der Waals surface area contributed by atoms with Gasteiger partial charge < -0.3 is 5.32 Å². The van der Waals surface area contributed by atoms with Crippen molar-refractivity contribution < 1.29 is 8.78 Å². The number of hydrogen-bond donors (Lipinski definition) is 1. The van der Waals surface area contributed by atoms with Crippen LogP contribution in [-0.4, -0.2) is 18.3 Å². The third kappa shape index (κ3) is 4.72. The van der Waals surface area contributed by atoms with E-state index in [-0.39, 0.29) is 10.9 Å². The molecule has 0 spiro atoms. The minimum absolute atomic E-state index is 0.232. The Bertz CT molecular complexity index is 404. The van der Waals surface area contributed by atoms with E-state index >= 15 is 0 Å². The zero-order valence-electron chi connectivity index (χ0n) is 9.54. The lowest BCUT2D eigenvalue weighted by Gasteiger charge is -2.09. The summed E-state index contributed by atoms with van der Waals surface area (Å²) in [6.45, 7) is 2.64. The van der Waals surface area contributed by atoms with Gasteiger partial charge in [-0.2, -0.15) is 5.26 Å². The van der Waals surface area contributed by atoms with Crippen LogP contribution in [0.25, 0.3) is 0 Å². The number of thioether (sulfide) groups is 1. The number of nitrogens with one attached hydrogen (secondary N) is 1. The van der Waals surface area contributed by atoms with E-state index < -0.39 is 11.6 Å². The van der Waals surface area contributed by atoms with Gasteiger partial charge in [0.05, 0.1) is 12.1 Å². The van der Waals surface area contributed by atoms with E-state index in [2.05, 4.69) is 11.4 Å². The van der Waals surface area contributed by atoms with Crippen LogP contribution in [0.1, 0.15) is 13.3 Å². The van der Waals surface area contributed by atoms with Crippen molar-refractivity contribution in [1.29, 1.82) is 5.26 Å². The molecule has 0 fully saturated rings.